The third-order valence-corrected chi connectivity index (χ3v) is 4.48. The summed E-state index contributed by atoms with van der Waals surface area (Å²) >= 11 is 3.67. The Balaban J connectivity index is 1.91. The van der Waals surface area contributed by atoms with E-state index in [4.69, 9.17) is 0 Å². The van der Waals surface area contributed by atoms with Crippen molar-refractivity contribution in [1.82, 2.24) is 9.80 Å². The van der Waals surface area contributed by atoms with Crippen molar-refractivity contribution in [2.24, 2.45) is 0 Å². The number of rotatable bonds is 3. The van der Waals surface area contributed by atoms with E-state index in [0.717, 1.165) is 6.54 Å². The van der Waals surface area contributed by atoms with Crippen molar-refractivity contribution in [3.05, 3.63) is 33.8 Å². The van der Waals surface area contributed by atoms with Crippen molar-refractivity contribution in [2.75, 3.05) is 26.2 Å². The summed E-state index contributed by atoms with van der Waals surface area (Å²) in [5.41, 5.74) is 2.72. The van der Waals surface area contributed by atoms with E-state index in [9.17, 15) is 0 Å². The minimum atomic E-state index is 0.679. The predicted molar refractivity (Wildman–Crippen MR) is 80.9 cm³/mol. The third kappa shape index (κ3) is 3.56. The molecule has 1 fully saturated rings. The molecule has 0 saturated carbocycles. The number of aryl methyl sites for hydroxylation is 1. The van der Waals surface area contributed by atoms with Crippen LogP contribution in [0.2, 0.25) is 0 Å². The van der Waals surface area contributed by atoms with Crippen LogP contribution in [0, 0.1) is 6.92 Å². The van der Waals surface area contributed by atoms with Gasteiger partial charge in [-0.15, -0.1) is 0 Å². The first-order chi connectivity index (χ1) is 8.56. The maximum Gasteiger partial charge on any atom is 0.0246 e. The molecule has 0 amide bonds. The van der Waals surface area contributed by atoms with E-state index >= 15 is 0 Å². The molecule has 1 aliphatic heterocycles. The van der Waals surface area contributed by atoms with Crippen molar-refractivity contribution in [2.45, 2.75) is 33.4 Å². The summed E-state index contributed by atoms with van der Waals surface area (Å²) in [5.74, 6) is 0. The molecule has 3 heteroatoms. The first-order valence-electron chi connectivity index (χ1n) is 6.77. The molecule has 0 atom stereocenters. The Labute approximate surface area is 119 Å². The maximum absolute atomic E-state index is 3.67. The standard InChI is InChI=1S/C15H23BrN2/c1-12(2)18-8-6-17(7-9-18)11-14-5-4-13(3)10-15(14)16/h4-5,10,12H,6-9,11H2,1-3H3. The first-order valence-corrected chi connectivity index (χ1v) is 7.57. The molecule has 0 aromatic heterocycles. The minimum absolute atomic E-state index is 0.679. The quantitative estimate of drug-likeness (QED) is 0.845. The van der Waals surface area contributed by atoms with Gasteiger partial charge in [0.05, 0.1) is 0 Å². The fraction of sp³-hybridized carbons (Fsp3) is 0.600. The Kier molecular flexibility index (Phi) is 4.82. The van der Waals surface area contributed by atoms with Crippen LogP contribution < -0.4 is 0 Å². The topological polar surface area (TPSA) is 6.48 Å². The maximum atomic E-state index is 3.67. The molecule has 0 bridgehead atoms. The van der Waals surface area contributed by atoms with Crippen LogP contribution >= 0.6 is 15.9 Å². The Hall–Kier alpha value is -0.380. The van der Waals surface area contributed by atoms with Crippen LogP contribution in [0.25, 0.3) is 0 Å². The lowest BCUT2D eigenvalue weighted by Gasteiger charge is -2.37. The molecule has 1 aromatic carbocycles. The van der Waals surface area contributed by atoms with Crippen molar-refractivity contribution in [3.63, 3.8) is 0 Å². The molecular weight excluding hydrogens is 288 g/mol. The number of nitrogens with zero attached hydrogens (tertiary/aromatic N) is 2. The monoisotopic (exact) mass is 310 g/mol. The zero-order chi connectivity index (χ0) is 13.1. The number of hydrogen-bond donors (Lipinski definition) is 0. The van der Waals surface area contributed by atoms with Crippen LogP contribution in [-0.2, 0) is 6.54 Å². The van der Waals surface area contributed by atoms with Crippen LogP contribution in [0.5, 0.6) is 0 Å². The summed E-state index contributed by atoms with van der Waals surface area (Å²) in [7, 11) is 0. The second-order valence-electron chi connectivity index (χ2n) is 5.50. The largest absolute Gasteiger partial charge is 0.298 e. The van der Waals surface area contributed by atoms with Crippen LogP contribution in [0.15, 0.2) is 22.7 Å². The average molecular weight is 311 g/mol. The number of halogens is 1. The highest BCUT2D eigenvalue weighted by molar-refractivity contribution is 9.10. The molecule has 100 valence electrons. The molecule has 2 rings (SSSR count). The Morgan fingerprint density at radius 3 is 2.39 bits per heavy atom. The minimum Gasteiger partial charge on any atom is -0.298 e. The van der Waals surface area contributed by atoms with E-state index in [2.05, 4.69) is 64.7 Å². The van der Waals surface area contributed by atoms with Gasteiger partial charge in [0.15, 0.2) is 0 Å². The number of hydrogen-bond acceptors (Lipinski definition) is 2. The van der Waals surface area contributed by atoms with E-state index in [1.54, 1.807) is 0 Å². The smallest absolute Gasteiger partial charge is 0.0246 e. The van der Waals surface area contributed by atoms with E-state index in [-0.39, 0.29) is 0 Å². The van der Waals surface area contributed by atoms with Gasteiger partial charge >= 0.3 is 0 Å². The second-order valence-corrected chi connectivity index (χ2v) is 6.36. The lowest BCUT2D eigenvalue weighted by molar-refractivity contribution is 0.104. The molecule has 1 saturated heterocycles. The Bertz CT molecular complexity index is 395. The van der Waals surface area contributed by atoms with Crippen molar-refractivity contribution >= 4 is 15.9 Å². The fourth-order valence-corrected chi connectivity index (χ4v) is 3.08. The fourth-order valence-electron chi connectivity index (χ4n) is 2.46. The number of benzene rings is 1. The van der Waals surface area contributed by atoms with Gasteiger partial charge in [0.2, 0.25) is 0 Å². The summed E-state index contributed by atoms with van der Waals surface area (Å²) in [4.78, 5) is 5.11. The zero-order valence-corrected chi connectivity index (χ0v) is 13.2. The molecule has 0 N–H and O–H groups in total. The normalized spacial score (nSPS) is 18.5. The van der Waals surface area contributed by atoms with Crippen molar-refractivity contribution in [3.8, 4) is 0 Å². The van der Waals surface area contributed by atoms with E-state index in [0.29, 0.717) is 6.04 Å². The SMILES string of the molecule is Cc1ccc(CN2CCN(C(C)C)CC2)c(Br)c1. The van der Waals surface area contributed by atoms with Gasteiger partial charge in [-0.05, 0) is 38.0 Å². The highest BCUT2D eigenvalue weighted by Gasteiger charge is 2.19. The van der Waals surface area contributed by atoms with Gasteiger partial charge in [0, 0.05) is 43.2 Å². The van der Waals surface area contributed by atoms with Crippen LogP contribution in [-0.4, -0.2) is 42.0 Å². The molecule has 1 aliphatic rings. The van der Waals surface area contributed by atoms with Gasteiger partial charge in [0.25, 0.3) is 0 Å². The van der Waals surface area contributed by atoms with Crippen LogP contribution in [0.4, 0.5) is 0 Å². The Morgan fingerprint density at radius 2 is 1.83 bits per heavy atom. The highest BCUT2D eigenvalue weighted by Crippen LogP contribution is 2.20. The van der Waals surface area contributed by atoms with Crippen molar-refractivity contribution < 1.29 is 0 Å². The molecule has 1 heterocycles. The molecule has 0 spiro atoms. The average Bonchev–Trinajstić information content (AvgIpc) is 2.33. The van der Waals surface area contributed by atoms with Gasteiger partial charge < -0.3 is 0 Å². The molecule has 0 aliphatic carbocycles. The number of piperazine rings is 1. The van der Waals surface area contributed by atoms with E-state index in [1.807, 2.05) is 0 Å². The highest BCUT2D eigenvalue weighted by atomic mass is 79.9. The summed E-state index contributed by atoms with van der Waals surface area (Å²) in [6.45, 7) is 12.5. The third-order valence-electron chi connectivity index (χ3n) is 3.74. The van der Waals surface area contributed by atoms with Crippen LogP contribution in [0.3, 0.4) is 0 Å². The van der Waals surface area contributed by atoms with Crippen molar-refractivity contribution in [1.29, 1.82) is 0 Å². The molecular formula is C15H23BrN2. The lowest BCUT2D eigenvalue weighted by Crippen LogP contribution is -2.48. The summed E-state index contributed by atoms with van der Waals surface area (Å²) in [5, 5.41) is 0. The zero-order valence-electron chi connectivity index (χ0n) is 11.6. The summed E-state index contributed by atoms with van der Waals surface area (Å²) in [6, 6.07) is 7.33. The molecule has 2 nitrogen and oxygen atoms in total. The second kappa shape index (κ2) is 6.18. The summed E-state index contributed by atoms with van der Waals surface area (Å²) < 4.78 is 1.24. The van der Waals surface area contributed by atoms with Gasteiger partial charge in [-0.3, -0.25) is 9.80 Å². The van der Waals surface area contributed by atoms with Gasteiger partial charge in [-0.25, -0.2) is 0 Å². The lowest BCUT2D eigenvalue weighted by atomic mass is 10.1. The van der Waals surface area contributed by atoms with E-state index < -0.39 is 0 Å². The Morgan fingerprint density at radius 1 is 1.17 bits per heavy atom. The predicted octanol–water partition coefficient (Wildman–Crippen LogP) is 3.28. The molecule has 18 heavy (non-hydrogen) atoms. The molecule has 1 aromatic rings. The van der Waals surface area contributed by atoms with Gasteiger partial charge in [-0.2, -0.15) is 0 Å². The van der Waals surface area contributed by atoms with Gasteiger partial charge in [0.1, 0.15) is 0 Å². The first kappa shape index (κ1) is 14.0. The molecule has 0 radical (unpaired) electrons. The summed E-state index contributed by atoms with van der Waals surface area (Å²) in [6.07, 6.45) is 0. The van der Waals surface area contributed by atoms with Gasteiger partial charge in [-0.1, -0.05) is 28.1 Å². The van der Waals surface area contributed by atoms with E-state index in [1.165, 1.54) is 41.8 Å². The van der Waals surface area contributed by atoms with Crippen LogP contribution in [0.1, 0.15) is 25.0 Å². The molecule has 0 unspecified atom stereocenters.